The predicted molar refractivity (Wildman–Crippen MR) is 93.0 cm³/mol. The first-order valence-electron chi connectivity index (χ1n) is 8.36. The number of aryl methyl sites for hydroxylation is 2. The van der Waals surface area contributed by atoms with Crippen molar-refractivity contribution in [2.24, 2.45) is 0 Å². The normalized spacial score (nSPS) is 17.6. The summed E-state index contributed by atoms with van der Waals surface area (Å²) in [4.78, 5) is 27.5. The third kappa shape index (κ3) is 3.69. The standard InChI is InChI=1S/C18H23N5O/c1-12-7-6-9-16(19-12)21-17-11-13(2)20-18(22-17)15-8-4-5-10-23(15)14(3)24/h6-7,9,11,15H,4-5,8,10H2,1-3H3,(H,19,20,21,22). The summed E-state index contributed by atoms with van der Waals surface area (Å²) in [5, 5.41) is 3.24. The minimum absolute atomic E-state index is 0.0397. The van der Waals surface area contributed by atoms with Crippen LogP contribution in [0.2, 0.25) is 0 Å². The van der Waals surface area contributed by atoms with E-state index >= 15 is 0 Å². The lowest BCUT2D eigenvalue weighted by Crippen LogP contribution is -2.37. The van der Waals surface area contributed by atoms with Gasteiger partial charge in [0.1, 0.15) is 11.6 Å². The number of amides is 1. The maximum Gasteiger partial charge on any atom is 0.220 e. The van der Waals surface area contributed by atoms with E-state index in [-0.39, 0.29) is 11.9 Å². The highest BCUT2D eigenvalue weighted by Gasteiger charge is 2.28. The van der Waals surface area contributed by atoms with Crippen LogP contribution in [0.5, 0.6) is 0 Å². The van der Waals surface area contributed by atoms with E-state index in [1.807, 2.05) is 43.0 Å². The van der Waals surface area contributed by atoms with Crippen LogP contribution < -0.4 is 5.32 Å². The summed E-state index contributed by atoms with van der Waals surface area (Å²) < 4.78 is 0. The van der Waals surface area contributed by atoms with E-state index in [1.54, 1.807) is 6.92 Å². The Morgan fingerprint density at radius 1 is 1.12 bits per heavy atom. The number of nitrogens with one attached hydrogen (secondary N) is 1. The average Bonchev–Trinajstić information content (AvgIpc) is 2.54. The molecule has 1 saturated heterocycles. The molecule has 3 heterocycles. The van der Waals surface area contributed by atoms with Crippen molar-refractivity contribution in [1.29, 1.82) is 0 Å². The lowest BCUT2D eigenvalue weighted by atomic mass is 10.0. The maximum atomic E-state index is 11.9. The molecule has 6 nitrogen and oxygen atoms in total. The topological polar surface area (TPSA) is 71.0 Å². The number of carbonyl (C=O) groups excluding carboxylic acids is 1. The lowest BCUT2D eigenvalue weighted by Gasteiger charge is -2.34. The minimum Gasteiger partial charge on any atom is -0.333 e. The van der Waals surface area contributed by atoms with Crippen molar-refractivity contribution in [2.75, 3.05) is 11.9 Å². The largest absolute Gasteiger partial charge is 0.333 e. The van der Waals surface area contributed by atoms with Crippen molar-refractivity contribution in [1.82, 2.24) is 19.9 Å². The van der Waals surface area contributed by atoms with Crippen LogP contribution in [0.1, 0.15) is 49.4 Å². The Hall–Kier alpha value is -2.50. The van der Waals surface area contributed by atoms with Crippen LogP contribution in [-0.4, -0.2) is 32.3 Å². The van der Waals surface area contributed by atoms with Gasteiger partial charge in [-0.3, -0.25) is 4.79 Å². The van der Waals surface area contributed by atoms with E-state index in [4.69, 9.17) is 0 Å². The van der Waals surface area contributed by atoms with Crippen molar-refractivity contribution < 1.29 is 4.79 Å². The first-order valence-corrected chi connectivity index (χ1v) is 8.36. The molecule has 0 radical (unpaired) electrons. The van der Waals surface area contributed by atoms with Gasteiger partial charge >= 0.3 is 0 Å². The SMILES string of the molecule is CC(=O)N1CCCCC1c1nc(C)cc(Nc2cccc(C)n2)n1. The Morgan fingerprint density at radius 3 is 2.71 bits per heavy atom. The predicted octanol–water partition coefficient (Wildman–Crippen LogP) is 3.31. The Bertz CT molecular complexity index is 746. The number of anilines is 2. The van der Waals surface area contributed by atoms with Crippen molar-refractivity contribution in [3.8, 4) is 0 Å². The zero-order valence-corrected chi connectivity index (χ0v) is 14.4. The zero-order valence-electron chi connectivity index (χ0n) is 14.4. The molecule has 6 heteroatoms. The molecule has 0 aromatic carbocycles. The van der Waals surface area contributed by atoms with Crippen LogP contribution in [0.15, 0.2) is 24.3 Å². The summed E-state index contributed by atoms with van der Waals surface area (Å²) in [6.07, 6.45) is 3.04. The van der Waals surface area contributed by atoms with Gasteiger partial charge in [-0.2, -0.15) is 0 Å². The molecule has 3 rings (SSSR count). The smallest absolute Gasteiger partial charge is 0.220 e. The number of hydrogen-bond acceptors (Lipinski definition) is 5. The van der Waals surface area contributed by atoms with Crippen LogP contribution in [-0.2, 0) is 4.79 Å². The van der Waals surface area contributed by atoms with Crippen LogP contribution in [0.3, 0.4) is 0 Å². The van der Waals surface area contributed by atoms with Gasteiger partial charge < -0.3 is 10.2 Å². The number of aromatic nitrogens is 3. The Morgan fingerprint density at radius 2 is 1.96 bits per heavy atom. The first-order chi connectivity index (χ1) is 11.5. The third-order valence-corrected chi connectivity index (χ3v) is 4.22. The third-order valence-electron chi connectivity index (χ3n) is 4.22. The molecular weight excluding hydrogens is 302 g/mol. The molecule has 1 atom stereocenters. The molecule has 24 heavy (non-hydrogen) atoms. The molecule has 1 N–H and O–H groups in total. The molecule has 1 unspecified atom stereocenters. The number of hydrogen-bond donors (Lipinski definition) is 1. The van der Waals surface area contributed by atoms with E-state index in [1.165, 1.54) is 0 Å². The molecule has 0 saturated carbocycles. The summed E-state index contributed by atoms with van der Waals surface area (Å²) in [5.41, 5.74) is 1.82. The molecule has 0 aliphatic carbocycles. The molecule has 1 aliphatic rings. The van der Waals surface area contributed by atoms with Crippen molar-refractivity contribution in [2.45, 2.75) is 46.1 Å². The molecular formula is C18H23N5O. The second kappa shape index (κ2) is 6.95. The van der Waals surface area contributed by atoms with Crippen molar-refractivity contribution >= 4 is 17.5 Å². The molecule has 1 fully saturated rings. The summed E-state index contributed by atoms with van der Waals surface area (Å²) >= 11 is 0. The highest BCUT2D eigenvalue weighted by atomic mass is 16.2. The van der Waals surface area contributed by atoms with Gasteiger partial charge in [0.15, 0.2) is 5.82 Å². The Kier molecular flexibility index (Phi) is 4.74. The van der Waals surface area contributed by atoms with Crippen LogP contribution in [0.25, 0.3) is 0 Å². The van der Waals surface area contributed by atoms with Gasteiger partial charge in [0.25, 0.3) is 0 Å². The Labute approximate surface area is 142 Å². The average molecular weight is 325 g/mol. The fraction of sp³-hybridized carbons (Fsp3) is 0.444. The van der Waals surface area contributed by atoms with E-state index in [0.29, 0.717) is 11.6 Å². The van der Waals surface area contributed by atoms with Crippen molar-refractivity contribution in [3.05, 3.63) is 41.5 Å². The highest BCUT2D eigenvalue weighted by Crippen LogP contribution is 2.30. The maximum absolute atomic E-state index is 11.9. The van der Waals surface area contributed by atoms with Gasteiger partial charge in [0.05, 0.1) is 6.04 Å². The molecule has 0 bridgehead atoms. The number of piperidine rings is 1. The number of likely N-dealkylation sites (tertiary alicyclic amines) is 1. The number of carbonyl (C=O) groups is 1. The highest BCUT2D eigenvalue weighted by molar-refractivity contribution is 5.73. The number of pyridine rings is 1. The quantitative estimate of drug-likeness (QED) is 0.937. The molecule has 2 aromatic heterocycles. The second-order valence-corrected chi connectivity index (χ2v) is 6.27. The van der Waals surface area contributed by atoms with Crippen LogP contribution >= 0.6 is 0 Å². The van der Waals surface area contributed by atoms with Gasteiger partial charge in [-0.25, -0.2) is 15.0 Å². The van der Waals surface area contributed by atoms with Crippen LogP contribution in [0.4, 0.5) is 11.6 Å². The van der Waals surface area contributed by atoms with E-state index < -0.39 is 0 Å². The Balaban J connectivity index is 1.89. The van der Waals surface area contributed by atoms with Crippen molar-refractivity contribution in [3.63, 3.8) is 0 Å². The molecule has 126 valence electrons. The molecule has 0 spiro atoms. The molecule has 1 aliphatic heterocycles. The van der Waals surface area contributed by atoms with Gasteiger partial charge in [-0.15, -0.1) is 0 Å². The zero-order chi connectivity index (χ0) is 17.1. The molecule has 2 aromatic rings. The fourth-order valence-corrected chi connectivity index (χ4v) is 3.13. The fourth-order valence-electron chi connectivity index (χ4n) is 3.13. The van der Waals surface area contributed by atoms with E-state index in [0.717, 1.165) is 43.0 Å². The lowest BCUT2D eigenvalue weighted by molar-refractivity contribution is -0.132. The van der Waals surface area contributed by atoms with E-state index in [2.05, 4.69) is 20.3 Å². The minimum atomic E-state index is -0.0397. The summed E-state index contributed by atoms with van der Waals surface area (Å²) in [7, 11) is 0. The number of rotatable bonds is 3. The summed E-state index contributed by atoms with van der Waals surface area (Å²) in [6, 6.07) is 7.68. The van der Waals surface area contributed by atoms with Gasteiger partial charge in [0, 0.05) is 30.9 Å². The van der Waals surface area contributed by atoms with E-state index in [9.17, 15) is 4.79 Å². The second-order valence-electron chi connectivity index (χ2n) is 6.27. The van der Waals surface area contributed by atoms with Gasteiger partial charge in [-0.05, 0) is 45.2 Å². The summed E-state index contributed by atoms with van der Waals surface area (Å²) in [5.74, 6) is 2.26. The summed E-state index contributed by atoms with van der Waals surface area (Å²) in [6.45, 7) is 6.29. The molecule has 1 amide bonds. The van der Waals surface area contributed by atoms with Gasteiger partial charge in [-0.1, -0.05) is 6.07 Å². The van der Waals surface area contributed by atoms with Gasteiger partial charge in [0.2, 0.25) is 5.91 Å². The monoisotopic (exact) mass is 325 g/mol. The number of nitrogens with zero attached hydrogens (tertiary/aromatic N) is 4. The van der Waals surface area contributed by atoms with Crippen LogP contribution in [0, 0.1) is 13.8 Å². The first kappa shape index (κ1) is 16.4.